The van der Waals surface area contributed by atoms with Gasteiger partial charge < -0.3 is 20.3 Å². The van der Waals surface area contributed by atoms with Crippen molar-refractivity contribution in [2.24, 2.45) is 5.10 Å². The lowest BCUT2D eigenvalue weighted by Gasteiger charge is -2.28. The largest absolute Gasteiger partial charge is 0.378 e. The molecule has 4 heterocycles. The summed E-state index contributed by atoms with van der Waals surface area (Å²) in [5.41, 5.74) is 2.23. The van der Waals surface area contributed by atoms with Crippen molar-refractivity contribution in [1.82, 2.24) is 15.3 Å². The number of fused-ring (bicyclic) bond motifs is 1. The van der Waals surface area contributed by atoms with Crippen LogP contribution in [0.15, 0.2) is 71.6 Å². The van der Waals surface area contributed by atoms with E-state index >= 15 is 0 Å². The first-order valence-electron chi connectivity index (χ1n) is 10.4. The van der Waals surface area contributed by atoms with Gasteiger partial charge in [-0.2, -0.15) is 10.4 Å². The molecule has 1 fully saturated rings. The Labute approximate surface area is 185 Å². The second-order valence-corrected chi connectivity index (χ2v) is 7.42. The number of amides is 1. The molecule has 0 saturated carbocycles. The van der Waals surface area contributed by atoms with E-state index in [1.165, 1.54) is 0 Å². The number of morpholine rings is 1. The van der Waals surface area contributed by atoms with Crippen molar-refractivity contribution in [2.75, 3.05) is 36.5 Å². The molecule has 0 spiro atoms. The van der Waals surface area contributed by atoms with Crippen molar-refractivity contribution < 1.29 is 9.53 Å². The van der Waals surface area contributed by atoms with E-state index < -0.39 is 0 Å². The second-order valence-electron chi connectivity index (χ2n) is 7.42. The Balaban J connectivity index is 1.34. The summed E-state index contributed by atoms with van der Waals surface area (Å²) in [5.74, 6) is 0.949. The Morgan fingerprint density at radius 3 is 2.88 bits per heavy atom. The lowest BCUT2D eigenvalue weighted by molar-refractivity contribution is -0.114. The first-order valence-corrected chi connectivity index (χ1v) is 10.4. The predicted molar refractivity (Wildman–Crippen MR) is 120 cm³/mol. The van der Waals surface area contributed by atoms with Crippen LogP contribution in [0, 0.1) is 11.3 Å². The molecule has 2 aromatic rings. The molecule has 1 atom stereocenters. The zero-order valence-electron chi connectivity index (χ0n) is 17.2. The number of hydrogen-bond donors (Lipinski definition) is 2. The van der Waals surface area contributed by atoms with E-state index in [4.69, 9.17) is 4.74 Å². The molecule has 1 saturated heterocycles. The topological polar surface area (TPSA) is 106 Å². The van der Waals surface area contributed by atoms with Crippen LogP contribution >= 0.6 is 0 Å². The fourth-order valence-corrected chi connectivity index (χ4v) is 3.79. The third kappa shape index (κ3) is 3.79. The minimum absolute atomic E-state index is 0.263. The monoisotopic (exact) mass is 427 g/mol. The van der Waals surface area contributed by atoms with Gasteiger partial charge >= 0.3 is 0 Å². The normalized spacial score (nSPS) is 19.4. The molecule has 9 nitrogen and oxygen atoms in total. The quantitative estimate of drug-likeness (QED) is 0.766. The van der Waals surface area contributed by atoms with Gasteiger partial charge in [0.05, 0.1) is 30.6 Å². The Bertz CT molecular complexity index is 1170. The Kier molecular flexibility index (Phi) is 5.27. The summed E-state index contributed by atoms with van der Waals surface area (Å²) in [6, 6.07) is 15.0. The maximum Gasteiger partial charge on any atom is 0.276 e. The third-order valence-corrected chi connectivity index (χ3v) is 5.42. The standard InChI is InChI=1S/C23H21N7O2/c24-14-16-4-1-2-5-17(16)18-8-9-21-25-15-19(30(21)28-18)23(31)27-20-6-3-7-22(26-20)29-10-12-32-13-11-29/h1-9,15,21,25H,10-13H2,(H,26,27,31). The molecule has 32 heavy (non-hydrogen) atoms. The molecule has 2 N–H and O–H groups in total. The van der Waals surface area contributed by atoms with Gasteiger partial charge in [0.1, 0.15) is 23.5 Å². The minimum Gasteiger partial charge on any atom is -0.378 e. The van der Waals surface area contributed by atoms with Gasteiger partial charge in [0, 0.05) is 24.9 Å². The molecule has 3 aliphatic rings. The van der Waals surface area contributed by atoms with Crippen LogP contribution in [-0.4, -0.2) is 54.1 Å². The van der Waals surface area contributed by atoms with Gasteiger partial charge in [-0.05, 0) is 30.4 Å². The maximum atomic E-state index is 13.0. The summed E-state index contributed by atoms with van der Waals surface area (Å²) >= 11 is 0. The SMILES string of the molecule is N#Cc1ccccc1C1=NN2C(C(=O)Nc3cccc(N4CCOCC4)n3)=CNC2C=C1. The highest BCUT2D eigenvalue weighted by Gasteiger charge is 2.31. The molecule has 1 amide bonds. The second kappa shape index (κ2) is 8.53. The maximum absolute atomic E-state index is 13.0. The number of aromatic nitrogens is 1. The highest BCUT2D eigenvalue weighted by molar-refractivity contribution is 6.11. The molecule has 0 bridgehead atoms. The summed E-state index contributed by atoms with van der Waals surface area (Å²) in [5, 5.41) is 21.7. The number of rotatable bonds is 4. The van der Waals surface area contributed by atoms with Crippen LogP contribution in [0.1, 0.15) is 11.1 Å². The van der Waals surface area contributed by atoms with Gasteiger partial charge in [-0.25, -0.2) is 9.99 Å². The molecule has 9 heteroatoms. The molecule has 3 aliphatic heterocycles. The first-order chi connectivity index (χ1) is 15.7. The molecule has 1 aromatic heterocycles. The Hall–Kier alpha value is -4.16. The van der Waals surface area contributed by atoms with Gasteiger partial charge in [0.25, 0.3) is 5.91 Å². The third-order valence-electron chi connectivity index (χ3n) is 5.42. The number of carbonyl (C=O) groups is 1. The first kappa shape index (κ1) is 19.8. The molecular formula is C23H21N7O2. The summed E-state index contributed by atoms with van der Waals surface area (Å²) in [6.07, 6.45) is 5.14. The number of hydrogen-bond acceptors (Lipinski definition) is 8. The van der Waals surface area contributed by atoms with Gasteiger partial charge in [0.15, 0.2) is 0 Å². The van der Waals surface area contributed by atoms with Gasteiger partial charge in [-0.15, -0.1) is 0 Å². The lowest BCUT2D eigenvalue weighted by Crippen LogP contribution is -2.37. The fourth-order valence-electron chi connectivity index (χ4n) is 3.79. The number of nitrogens with one attached hydrogen (secondary N) is 2. The Morgan fingerprint density at radius 2 is 2.03 bits per heavy atom. The fraction of sp³-hybridized carbons (Fsp3) is 0.217. The molecule has 0 radical (unpaired) electrons. The lowest BCUT2D eigenvalue weighted by atomic mass is 10.0. The van der Waals surface area contributed by atoms with Crippen molar-refractivity contribution >= 4 is 23.3 Å². The predicted octanol–water partition coefficient (Wildman–Crippen LogP) is 1.78. The van der Waals surface area contributed by atoms with Crippen molar-refractivity contribution in [3.8, 4) is 6.07 Å². The van der Waals surface area contributed by atoms with Gasteiger partial charge in [0.2, 0.25) is 0 Å². The molecule has 0 aliphatic carbocycles. The number of pyridine rings is 1. The number of ether oxygens (including phenoxy) is 1. The van der Waals surface area contributed by atoms with Crippen molar-refractivity contribution in [2.45, 2.75) is 6.17 Å². The van der Waals surface area contributed by atoms with E-state index in [-0.39, 0.29) is 12.1 Å². The van der Waals surface area contributed by atoms with E-state index in [9.17, 15) is 10.1 Å². The number of allylic oxidation sites excluding steroid dienone is 1. The number of nitriles is 1. The van der Waals surface area contributed by atoms with Crippen molar-refractivity contribution in [3.63, 3.8) is 0 Å². The highest BCUT2D eigenvalue weighted by Crippen LogP contribution is 2.24. The van der Waals surface area contributed by atoms with Crippen LogP contribution in [0.2, 0.25) is 0 Å². The van der Waals surface area contributed by atoms with E-state index in [2.05, 4.69) is 31.7 Å². The van der Waals surface area contributed by atoms with Gasteiger partial charge in [-0.3, -0.25) is 4.79 Å². The number of hydrazone groups is 1. The van der Waals surface area contributed by atoms with Crippen LogP contribution in [0.5, 0.6) is 0 Å². The van der Waals surface area contributed by atoms with Crippen LogP contribution in [0.3, 0.4) is 0 Å². The zero-order chi connectivity index (χ0) is 21.9. The van der Waals surface area contributed by atoms with E-state index in [1.807, 2.05) is 42.5 Å². The molecule has 1 unspecified atom stereocenters. The molecular weight excluding hydrogens is 406 g/mol. The van der Waals surface area contributed by atoms with Crippen LogP contribution in [0.25, 0.3) is 0 Å². The van der Waals surface area contributed by atoms with Crippen molar-refractivity contribution in [1.29, 1.82) is 5.26 Å². The summed E-state index contributed by atoms with van der Waals surface area (Å²) < 4.78 is 5.39. The number of benzene rings is 1. The highest BCUT2D eigenvalue weighted by atomic mass is 16.5. The molecule has 5 rings (SSSR count). The Morgan fingerprint density at radius 1 is 1.19 bits per heavy atom. The molecule has 1 aromatic carbocycles. The summed E-state index contributed by atoms with van der Waals surface area (Å²) in [4.78, 5) is 19.8. The van der Waals surface area contributed by atoms with Gasteiger partial charge in [-0.1, -0.05) is 24.3 Å². The summed E-state index contributed by atoms with van der Waals surface area (Å²) in [7, 11) is 0. The van der Waals surface area contributed by atoms with Crippen LogP contribution in [-0.2, 0) is 9.53 Å². The number of nitrogens with zero attached hydrogens (tertiary/aromatic N) is 5. The average molecular weight is 427 g/mol. The van der Waals surface area contributed by atoms with E-state index in [1.54, 1.807) is 23.3 Å². The van der Waals surface area contributed by atoms with Crippen molar-refractivity contribution in [3.05, 3.63) is 77.6 Å². The van der Waals surface area contributed by atoms with E-state index in [0.717, 1.165) is 24.5 Å². The minimum atomic E-state index is -0.321. The molecule has 160 valence electrons. The average Bonchev–Trinajstić information content (AvgIpc) is 3.28. The van der Waals surface area contributed by atoms with Crippen LogP contribution in [0.4, 0.5) is 11.6 Å². The van der Waals surface area contributed by atoms with Crippen LogP contribution < -0.4 is 15.5 Å². The van der Waals surface area contributed by atoms with E-state index in [0.29, 0.717) is 36.0 Å². The number of anilines is 2. The zero-order valence-corrected chi connectivity index (χ0v) is 17.2. The smallest absolute Gasteiger partial charge is 0.276 e. The number of carbonyl (C=O) groups excluding carboxylic acids is 1. The summed E-state index contributed by atoms with van der Waals surface area (Å²) in [6.45, 7) is 2.86.